The first kappa shape index (κ1) is 21.9. The van der Waals surface area contributed by atoms with Crippen molar-refractivity contribution in [2.75, 3.05) is 13.1 Å². The zero-order valence-electron chi connectivity index (χ0n) is 17.1. The summed E-state index contributed by atoms with van der Waals surface area (Å²) >= 11 is 0. The molecule has 4 aliphatic rings. The van der Waals surface area contributed by atoms with Gasteiger partial charge in [0.05, 0.1) is 12.6 Å². The minimum atomic E-state index is -4.78. The Balaban J connectivity index is 1.22. The highest BCUT2D eigenvalue weighted by atomic mass is 19.4. The van der Waals surface area contributed by atoms with Crippen molar-refractivity contribution in [3.05, 3.63) is 29.8 Å². The van der Waals surface area contributed by atoms with Crippen LogP contribution in [-0.2, 0) is 9.59 Å². The molecule has 2 amide bonds. The fourth-order valence-electron chi connectivity index (χ4n) is 6.02. The van der Waals surface area contributed by atoms with Crippen molar-refractivity contribution in [3.8, 4) is 5.75 Å². The Bertz CT molecular complexity index is 790. The number of halogens is 3. The zero-order chi connectivity index (χ0) is 22.2. The number of amides is 2. The van der Waals surface area contributed by atoms with Gasteiger partial charge in [0.15, 0.2) is 0 Å². The molecule has 0 aliphatic heterocycles. The van der Waals surface area contributed by atoms with Gasteiger partial charge in [0.2, 0.25) is 11.8 Å². The Labute approximate surface area is 178 Å². The van der Waals surface area contributed by atoms with E-state index in [1.165, 1.54) is 31.4 Å². The molecular formula is C22H27F3N2O4. The molecule has 170 valence electrons. The predicted molar refractivity (Wildman–Crippen MR) is 105 cm³/mol. The number of hydrogen-bond donors (Lipinski definition) is 3. The highest BCUT2D eigenvalue weighted by Crippen LogP contribution is 2.60. The molecule has 0 spiro atoms. The standard InChI is InChI=1S/C22H27F3N2O4/c23-22(24,25)31-17-3-1-16(2-4-17)18(28)11-26-19(29)12-27-20(30)21-8-13-5-14(9-21)7-15(6-13)10-21/h1-4,13-15,18,28H,5-12H2,(H,26,29)(H,27,30). The minimum absolute atomic E-state index is 0.0393. The van der Waals surface area contributed by atoms with Gasteiger partial charge in [-0.1, -0.05) is 12.1 Å². The van der Waals surface area contributed by atoms with Crippen molar-refractivity contribution >= 4 is 11.8 Å². The van der Waals surface area contributed by atoms with Crippen LogP contribution >= 0.6 is 0 Å². The Hall–Kier alpha value is -2.29. The second kappa shape index (κ2) is 8.33. The molecule has 5 rings (SSSR count). The molecule has 4 fully saturated rings. The second-order valence-corrected chi connectivity index (χ2v) is 9.32. The van der Waals surface area contributed by atoms with Crippen LogP contribution < -0.4 is 15.4 Å². The predicted octanol–water partition coefficient (Wildman–Crippen LogP) is 3.07. The van der Waals surface area contributed by atoms with E-state index < -0.39 is 18.4 Å². The lowest BCUT2D eigenvalue weighted by atomic mass is 9.49. The molecule has 0 aromatic heterocycles. The van der Waals surface area contributed by atoms with Crippen molar-refractivity contribution in [2.24, 2.45) is 23.2 Å². The Morgan fingerprint density at radius 3 is 2.10 bits per heavy atom. The molecule has 6 nitrogen and oxygen atoms in total. The van der Waals surface area contributed by atoms with Crippen molar-refractivity contribution in [1.82, 2.24) is 10.6 Å². The first-order chi connectivity index (χ1) is 14.6. The number of aliphatic hydroxyl groups is 1. The normalized spacial score (nSPS) is 30.0. The summed E-state index contributed by atoms with van der Waals surface area (Å²) in [6.45, 7) is -0.281. The van der Waals surface area contributed by atoms with Gasteiger partial charge in [-0.3, -0.25) is 9.59 Å². The number of aliphatic hydroxyl groups excluding tert-OH is 1. The summed E-state index contributed by atoms with van der Waals surface area (Å²) in [6.07, 6.45) is 0.561. The minimum Gasteiger partial charge on any atom is -0.406 e. The summed E-state index contributed by atoms with van der Waals surface area (Å²) in [7, 11) is 0. The number of carbonyl (C=O) groups excluding carboxylic acids is 2. The maximum Gasteiger partial charge on any atom is 0.573 e. The lowest BCUT2D eigenvalue weighted by molar-refractivity contribution is -0.274. The average Bonchev–Trinajstić information content (AvgIpc) is 2.68. The fraction of sp³-hybridized carbons (Fsp3) is 0.636. The number of alkyl halides is 3. The van der Waals surface area contributed by atoms with E-state index in [-0.39, 0.29) is 30.2 Å². The van der Waals surface area contributed by atoms with Crippen LogP contribution in [0.1, 0.15) is 50.2 Å². The molecule has 1 aromatic rings. The van der Waals surface area contributed by atoms with Crippen LogP contribution in [0.3, 0.4) is 0 Å². The molecule has 0 heterocycles. The molecule has 0 saturated heterocycles. The van der Waals surface area contributed by atoms with Gasteiger partial charge in [-0.15, -0.1) is 13.2 Å². The van der Waals surface area contributed by atoms with E-state index >= 15 is 0 Å². The van der Waals surface area contributed by atoms with Gasteiger partial charge in [-0.25, -0.2) is 0 Å². The molecule has 1 aromatic carbocycles. The van der Waals surface area contributed by atoms with Crippen molar-refractivity contribution in [1.29, 1.82) is 0 Å². The smallest absolute Gasteiger partial charge is 0.406 e. The molecule has 0 radical (unpaired) electrons. The van der Waals surface area contributed by atoms with Crippen LogP contribution in [0.2, 0.25) is 0 Å². The number of ether oxygens (including phenoxy) is 1. The summed E-state index contributed by atoms with van der Waals surface area (Å²) < 4.78 is 40.4. The number of carbonyl (C=O) groups is 2. The van der Waals surface area contributed by atoms with E-state index in [1.807, 2.05) is 0 Å². The summed E-state index contributed by atoms with van der Waals surface area (Å²) in [6, 6.07) is 4.79. The van der Waals surface area contributed by atoms with Crippen LogP contribution in [0.15, 0.2) is 24.3 Å². The van der Waals surface area contributed by atoms with Gasteiger partial charge < -0.3 is 20.5 Å². The van der Waals surface area contributed by atoms with Crippen molar-refractivity contribution in [2.45, 2.75) is 51.0 Å². The first-order valence-corrected chi connectivity index (χ1v) is 10.7. The van der Waals surface area contributed by atoms with E-state index in [1.54, 1.807) is 0 Å². The molecule has 9 heteroatoms. The number of benzene rings is 1. The zero-order valence-corrected chi connectivity index (χ0v) is 17.1. The SMILES string of the molecule is O=C(CNC(=O)C12CC3CC(CC(C3)C1)C2)NCC(O)c1ccc(OC(F)(F)F)cc1. The molecule has 31 heavy (non-hydrogen) atoms. The summed E-state index contributed by atoms with van der Waals surface area (Å²) in [5, 5.41) is 15.5. The fourth-order valence-corrected chi connectivity index (χ4v) is 6.02. The molecule has 1 unspecified atom stereocenters. The van der Waals surface area contributed by atoms with Gasteiger partial charge in [-0.05, 0) is 74.0 Å². The van der Waals surface area contributed by atoms with E-state index in [9.17, 15) is 27.9 Å². The van der Waals surface area contributed by atoms with Gasteiger partial charge in [0, 0.05) is 12.0 Å². The molecule has 1 atom stereocenters. The summed E-state index contributed by atoms with van der Waals surface area (Å²) in [5.74, 6) is 1.05. The maximum absolute atomic E-state index is 12.9. The number of nitrogens with one attached hydrogen (secondary N) is 2. The van der Waals surface area contributed by atoms with Gasteiger partial charge in [-0.2, -0.15) is 0 Å². The molecule has 4 bridgehead atoms. The van der Waals surface area contributed by atoms with E-state index in [0.717, 1.165) is 31.4 Å². The molecule has 3 N–H and O–H groups in total. The Kier molecular flexibility index (Phi) is 5.89. The third-order valence-corrected chi connectivity index (χ3v) is 6.92. The lowest BCUT2D eigenvalue weighted by Gasteiger charge is -2.55. The van der Waals surface area contributed by atoms with Crippen molar-refractivity contribution in [3.63, 3.8) is 0 Å². The Morgan fingerprint density at radius 2 is 1.58 bits per heavy atom. The first-order valence-electron chi connectivity index (χ1n) is 10.7. The number of rotatable bonds is 7. The maximum atomic E-state index is 12.9. The van der Waals surface area contributed by atoms with Crippen LogP contribution in [0.4, 0.5) is 13.2 Å². The van der Waals surface area contributed by atoms with Crippen LogP contribution in [0.25, 0.3) is 0 Å². The van der Waals surface area contributed by atoms with E-state index in [2.05, 4.69) is 15.4 Å². The Morgan fingerprint density at radius 1 is 1.03 bits per heavy atom. The van der Waals surface area contributed by atoms with Gasteiger partial charge in [0.1, 0.15) is 5.75 Å². The number of hydrogen-bond acceptors (Lipinski definition) is 4. The monoisotopic (exact) mass is 440 g/mol. The topological polar surface area (TPSA) is 87.7 Å². The van der Waals surface area contributed by atoms with Crippen LogP contribution in [0, 0.1) is 23.2 Å². The highest BCUT2D eigenvalue weighted by molar-refractivity contribution is 5.88. The van der Waals surface area contributed by atoms with E-state index in [0.29, 0.717) is 23.3 Å². The molecule has 4 saturated carbocycles. The second-order valence-electron chi connectivity index (χ2n) is 9.32. The van der Waals surface area contributed by atoms with Gasteiger partial charge in [0.25, 0.3) is 0 Å². The third kappa shape index (κ3) is 5.14. The average molecular weight is 440 g/mol. The third-order valence-electron chi connectivity index (χ3n) is 6.92. The van der Waals surface area contributed by atoms with Crippen LogP contribution in [0.5, 0.6) is 5.75 Å². The highest BCUT2D eigenvalue weighted by Gasteiger charge is 2.54. The van der Waals surface area contributed by atoms with Crippen molar-refractivity contribution < 1.29 is 32.6 Å². The molecular weight excluding hydrogens is 413 g/mol. The lowest BCUT2D eigenvalue weighted by Crippen LogP contribution is -2.54. The largest absolute Gasteiger partial charge is 0.573 e. The quantitative estimate of drug-likeness (QED) is 0.608. The van der Waals surface area contributed by atoms with Crippen LogP contribution in [-0.4, -0.2) is 36.4 Å². The van der Waals surface area contributed by atoms with E-state index in [4.69, 9.17) is 0 Å². The molecule has 4 aliphatic carbocycles. The van der Waals surface area contributed by atoms with Gasteiger partial charge >= 0.3 is 6.36 Å². The summed E-state index contributed by atoms with van der Waals surface area (Å²) in [5.41, 5.74) is 0.0156. The summed E-state index contributed by atoms with van der Waals surface area (Å²) in [4.78, 5) is 25.0.